The fourth-order valence-electron chi connectivity index (χ4n) is 2.41. The van der Waals surface area contributed by atoms with Gasteiger partial charge < -0.3 is 5.73 Å². The summed E-state index contributed by atoms with van der Waals surface area (Å²) in [5, 5.41) is 0. The molecule has 0 spiro atoms. The molecule has 94 valence electrons. The second kappa shape index (κ2) is 4.36. The van der Waals surface area contributed by atoms with Crippen molar-refractivity contribution in [3.05, 3.63) is 33.5 Å². The van der Waals surface area contributed by atoms with Crippen molar-refractivity contribution in [1.82, 2.24) is 0 Å². The van der Waals surface area contributed by atoms with E-state index < -0.39 is 0 Å². The van der Waals surface area contributed by atoms with Crippen molar-refractivity contribution in [3.8, 4) is 0 Å². The van der Waals surface area contributed by atoms with Gasteiger partial charge in [-0.15, -0.1) is 0 Å². The van der Waals surface area contributed by atoms with Crippen molar-refractivity contribution in [2.75, 3.05) is 0 Å². The molecule has 0 saturated heterocycles. The minimum atomic E-state index is -0.135. The number of halogens is 2. The van der Waals surface area contributed by atoms with Gasteiger partial charge in [0.25, 0.3) is 0 Å². The summed E-state index contributed by atoms with van der Waals surface area (Å²) >= 11 is 3.32. The number of rotatable bonds is 3. The van der Waals surface area contributed by atoms with Crippen molar-refractivity contribution in [2.45, 2.75) is 51.0 Å². The van der Waals surface area contributed by atoms with Crippen LogP contribution in [0, 0.1) is 5.82 Å². The number of hydrogen-bond acceptors (Lipinski definition) is 1. The Morgan fingerprint density at radius 3 is 2.29 bits per heavy atom. The first-order valence-electron chi connectivity index (χ1n) is 6.13. The molecule has 3 heteroatoms. The quantitative estimate of drug-likeness (QED) is 0.894. The second-order valence-electron chi connectivity index (χ2n) is 5.46. The summed E-state index contributed by atoms with van der Waals surface area (Å²) < 4.78 is 14.8. The summed E-state index contributed by atoms with van der Waals surface area (Å²) in [7, 11) is 0. The van der Waals surface area contributed by atoms with E-state index in [0.717, 1.165) is 18.4 Å². The minimum absolute atomic E-state index is 0.00584. The van der Waals surface area contributed by atoms with Crippen LogP contribution in [0.1, 0.15) is 50.7 Å². The highest BCUT2D eigenvalue weighted by molar-refractivity contribution is 9.10. The predicted octanol–water partition coefficient (Wildman–Crippen LogP) is 4.09. The molecule has 0 bridgehead atoms. The Morgan fingerprint density at radius 2 is 1.88 bits per heavy atom. The van der Waals surface area contributed by atoms with Gasteiger partial charge in [0.2, 0.25) is 0 Å². The molecule has 0 aromatic heterocycles. The van der Waals surface area contributed by atoms with E-state index in [2.05, 4.69) is 29.8 Å². The van der Waals surface area contributed by atoms with Crippen molar-refractivity contribution in [3.63, 3.8) is 0 Å². The number of nitrogens with two attached hydrogens (primary N) is 1. The number of benzene rings is 1. The van der Waals surface area contributed by atoms with E-state index >= 15 is 0 Å². The smallest absolute Gasteiger partial charge is 0.141 e. The van der Waals surface area contributed by atoms with Crippen LogP contribution in [0.4, 0.5) is 4.39 Å². The van der Waals surface area contributed by atoms with Crippen LogP contribution in [-0.2, 0) is 5.41 Å². The largest absolute Gasteiger partial charge is 0.327 e. The van der Waals surface area contributed by atoms with Crippen LogP contribution < -0.4 is 5.73 Å². The van der Waals surface area contributed by atoms with Gasteiger partial charge >= 0.3 is 0 Å². The summed E-state index contributed by atoms with van der Waals surface area (Å²) in [5.41, 5.74) is 7.86. The highest BCUT2D eigenvalue weighted by Gasteiger charge is 2.49. The molecule has 1 atom stereocenters. The van der Waals surface area contributed by atoms with E-state index in [1.54, 1.807) is 0 Å². The van der Waals surface area contributed by atoms with E-state index in [9.17, 15) is 4.39 Å². The highest BCUT2D eigenvalue weighted by atomic mass is 79.9. The van der Waals surface area contributed by atoms with Crippen LogP contribution in [0.15, 0.2) is 16.6 Å². The first kappa shape index (κ1) is 13.0. The molecular formula is C14H19BrFN. The van der Waals surface area contributed by atoms with Gasteiger partial charge in [0.15, 0.2) is 0 Å². The molecule has 1 aromatic rings. The average molecular weight is 300 g/mol. The summed E-state index contributed by atoms with van der Waals surface area (Å²) in [5.74, 6) is 0.263. The lowest BCUT2D eigenvalue weighted by Gasteiger charge is -2.23. The third kappa shape index (κ3) is 2.15. The summed E-state index contributed by atoms with van der Waals surface area (Å²) in [6.45, 7) is 6.21. The Balaban J connectivity index is 2.54. The molecule has 1 unspecified atom stereocenters. The molecule has 2 N–H and O–H groups in total. The fraction of sp³-hybridized carbons (Fsp3) is 0.571. The normalized spacial score (nSPS) is 19.5. The SMILES string of the molecule is CC(C)c1cc(Br)c(F)c(C2(C(C)N)CC2)c1. The van der Waals surface area contributed by atoms with Crippen LogP contribution in [-0.4, -0.2) is 6.04 Å². The maximum atomic E-state index is 14.2. The standard InChI is InChI=1S/C14H19BrFN/c1-8(2)10-6-11(13(16)12(15)7-10)14(4-5-14)9(3)17/h6-9H,4-5,17H2,1-3H3. The molecule has 1 aliphatic rings. The molecule has 0 amide bonds. The summed E-state index contributed by atoms with van der Waals surface area (Å²) in [6.07, 6.45) is 1.99. The van der Waals surface area contributed by atoms with Gasteiger partial charge in [0.05, 0.1) is 4.47 Å². The third-order valence-corrected chi connectivity index (χ3v) is 4.49. The van der Waals surface area contributed by atoms with E-state index in [1.165, 1.54) is 5.56 Å². The molecule has 1 fully saturated rings. The lowest BCUT2D eigenvalue weighted by molar-refractivity contribution is 0.508. The molecule has 1 aliphatic carbocycles. The lowest BCUT2D eigenvalue weighted by Crippen LogP contribution is -2.32. The maximum absolute atomic E-state index is 14.2. The zero-order chi connectivity index (χ0) is 12.8. The van der Waals surface area contributed by atoms with Crippen molar-refractivity contribution in [2.24, 2.45) is 5.73 Å². The Morgan fingerprint density at radius 1 is 1.29 bits per heavy atom. The Labute approximate surface area is 111 Å². The third-order valence-electron chi connectivity index (χ3n) is 3.91. The summed E-state index contributed by atoms with van der Waals surface area (Å²) in [4.78, 5) is 0. The number of hydrogen-bond donors (Lipinski definition) is 1. The first-order chi connectivity index (χ1) is 7.88. The van der Waals surface area contributed by atoms with Gasteiger partial charge in [-0.05, 0) is 58.8 Å². The van der Waals surface area contributed by atoms with Crippen molar-refractivity contribution >= 4 is 15.9 Å². The van der Waals surface area contributed by atoms with Crippen LogP contribution in [0.5, 0.6) is 0 Å². The van der Waals surface area contributed by atoms with E-state index in [-0.39, 0.29) is 17.3 Å². The monoisotopic (exact) mass is 299 g/mol. The fourth-order valence-corrected chi connectivity index (χ4v) is 2.89. The van der Waals surface area contributed by atoms with Gasteiger partial charge in [0, 0.05) is 11.5 Å². The van der Waals surface area contributed by atoms with Gasteiger partial charge in [-0.2, -0.15) is 0 Å². The van der Waals surface area contributed by atoms with Crippen molar-refractivity contribution in [1.29, 1.82) is 0 Å². The van der Waals surface area contributed by atoms with Gasteiger partial charge in [-0.25, -0.2) is 4.39 Å². The van der Waals surface area contributed by atoms with Gasteiger partial charge in [0.1, 0.15) is 5.82 Å². The Hall–Kier alpha value is -0.410. The molecule has 2 rings (SSSR count). The van der Waals surface area contributed by atoms with Crippen LogP contribution in [0.3, 0.4) is 0 Å². The first-order valence-corrected chi connectivity index (χ1v) is 6.93. The van der Waals surface area contributed by atoms with E-state index in [4.69, 9.17) is 5.73 Å². The summed E-state index contributed by atoms with van der Waals surface area (Å²) in [6, 6.07) is 3.88. The topological polar surface area (TPSA) is 26.0 Å². The Bertz CT molecular complexity index is 436. The average Bonchev–Trinajstić information content (AvgIpc) is 3.02. The molecule has 0 aliphatic heterocycles. The maximum Gasteiger partial charge on any atom is 0.141 e. The highest BCUT2D eigenvalue weighted by Crippen LogP contribution is 2.52. The molecule has 1 nitrogen and oxygen atoms in total. The minimum Gasteiger partial charge on any atom is -0.327 e. The zero-order valence-corrected chi connectivity index (χ0v) is 12.1. The predicted molar refractivity (Wildman–Crippen MR) is 72.8 cm³/mol. The van der Waals surface area contributed by atoms with Crippen molar-refractivity contribution < 1.29 is 4.39 Å². The lowest BCUT2D eigenvalue weighted by atomic mass is 9.86. The van der Waals surface area contributed by atoms with Gasteiger partial charge in [-0.1, -0.05) is 19.9 Å². The van der Waals surface area contributed by atoms with Crippen LogP contribution >= 0.6 is 15.9 Å². The Kier molecular flexibility index (Phi) is 3.34. The van der Waals surface area contributed by atoms with Gasteiger partial charge in [-0.3, -0.25) is 0 Å². The second-order valence-corrected chi connectivity index (χ2v) is 6.32. The van der Waals surface area contributed by atoms with E-state index in [1.807, 2.05) is 19.1 Å². The molecule has 1 saturated carbocycles. The molecule has 1 aromatic carbocycles. The molecular weight excluding hydrogens is 281 g/mol. The molecule has 0 radical (unpaired) electrons. The molecule has 0 heterocycles. The molecule has 17 heavy (non-hydrogen) atoms. The van der Waals surface area contributed by atoms with Crippen LogP contribution in [0.25, 0.3) is 0 Å². The van der Waals surface area contributed by atoms with E-state index in [0.29, 0.717) is 10.4 Å². The zero-order valence-electron chi connectivity index (χ0n) is 10.6. The van der Waals surface area contributed by atoms with Crippen LogP contribution in [0.2, 0.25) is 0 Å².